The Morgan fingerprint density at radius 1 is 1.00 bits per heavy atom. The van der Waals surface area contributed by atoms with Gasteiger partial charge in [0.1, 0.15) is 5.75 Å². The predicted octanol–water partition coefficient (Wildman–Crippen LogP) is 3.38. The first-order chi connectivity index (χ1) is 15.2. The van der Waals surface area contributed by atoms with Crippen LogP contribution in [0.15, 0.2) is 79.1 Å². The fourth-order valence-corrected chi connectivity index (χ4v) is 4.00. The van der Waals surface area contributed by atoms with Crippen LogP contribution in [0.2, 0.25) is 0 Å². The van der Waals surface area contributed by atoms with E-state index in [-0.39, 0.29) is 11.9 Å². The summed E-state index contributed by atoms with van der Waals surface area (Å²) in [5, 5.41) is 3.11. The highest BCUT2D eigenvalue weighted by molar-refractivity contribution is 5.94. The Kier molecular flexibility index (Phi) is 6.79. The van der Waals surface area contributed by atoms with E-state index in [1.807, 2.05) is 54.7 Å². The molecule has 1 fully saturated rings. The van der Waals surface area contributed by atoms with Crippen molar-refractivity contribution in [2.45, 2.75) is 6.04 Å². The molecule has 0 radical (unpaired) electrons. The smallest absolute Gasteiger partial charge is 0.251 e. The minimum Gasteiger partial charge on any atom is -0.497 e. The van der Waals surface area contributed by atoms with Gasteiger partial charge < -0.3 is 15.0 Å². The quantitative estimate of drug-likeness (QED) is 0.640. The molecule has 1 aromatic heterocycles. The van der Waals surface area contributed by atoms with Crippen molar-refractivity contribution in [3.05, 3.63) is 90.3 Å². The first kappa shape index (κ1) is 20.9. The molecule has 1 aliphatic rings. The molecule has 0 saturated carbocycles. The maximum atomic E-state index is 12.6. The molecule has 1 N–H and O–H groups in total. The van der Waals surface area contributed by atoms with E-state index in [4.69, 9.17) is 4.74 Å². The maximum Gasteiger partial charge on any atom is 0.251 e. The third-order valence-corrected chi connectivity index (χ3v) is 5.75. The molecule has 3 aromatic rings. The monoisotopic (exact) mass is 416 g/mol. The van der Waals surface area contributed by atoms with Crippen LogP contribution in [0.5, 0.6) is 5.75 Å². The number of rotatable bonds is 7. The summed E-state index contributed by atoms with van der Waals surface area (Å²) < 4.78 is 5.27. The molecule has 4 rings (SSSR count). The van der Waals surface area contributed by atoms with Crippen LogP contribution in [0.1, 0.15) is 22.0 Å². The van der Waals surface area contributed by atoms with Crippen molar-refractivity contribution in [1.82, 2.24) is 15.2 Å². The second-order valence-corrected chi connectivity index (χ2v) is 7.60. The third kappa shape index (κ3) is 5.22. The zero-order valence-corrected chi connectivity index (χ0v) is 17.8. The lowest BCUT2D eigenvalue weighted by atomic mass is 10.1. The van der Waals surface area contributed by atoms with E-state index in [1.165, 1.54) is 5.69 Å². The number of carbonyl (C=O) groups is 1. The number of hydrogen-bond acceptors (Lipinski definition) is 5. The van der Waals surface area contributed by atoms with E-state index in [0.717, 1.165) is 37.5 Å². The average Bonchev–Trinajstić information content (AvgIpc) is 2.86. The van der Waals surface area contributed by atoms with Crippen molar-refractivity contribution in [3.63, 3.8) is 0 Å². The number of methoxy groups -OCH3 is 1. The molecular formula is C25H28N4O2. The predicted molar refractivity (Wildman–Crippen MR) is 123 cm³/mol. The van der Waals surface area contributed by atoms with Crippen molar-refractivity contribution < 1.29 is 9.53 Å². The normalized spacial score (nSPS) is 15.3. The summed E-state index contributed by atoms with van der Waals surface area (Å²) in [6.45, 7) is 4.22. The molecule has 1 atom stereocenters. The molecule has 0 aliphatic carbocycles. The van der Waals surface area contributed by atoms with Crippen molar-refractivity contribution in [2.24, 2.45) is 0 Å². The van der Waals surface area contributed by atoms with Gasteiger partial charge in [-0.05, 0) is 48.0 Å². The van der Waals surface area contributed by atoms with Gasteiger partial charge in [0.05, 0.1) is 13.2 Å². The molecule has 6 heteroatoms. The second-order valence-electron chi connectivity index (χ2n) is 7.60. The van der Waals surface area contributed by atoms with Gasteiger partial charge in [-0.2, -0.15) is 0 Å². The van der Waals surface area contributed by atoms with Crippen molar-refractivity contribution in [2.75, 3.05) is 44.7 Å². The Morgan fingerprint density at radius 3 is 2.39 bits per heavy atom. The number of ether oxygens (including phenoxy) is 1. The first-order valence-corrected chi connectivity index (χ1v) is 10.6. The number of hydrogen-bond donors (Lipinski definition) is 1. The second kappa shape index (κ2) is 10.1. The van der Waals surface area contributed by atoms with E-state index in [1.54, 1.807) is 13.3 Å². The van der Waals surface area contributed by atoms with Crippen molar-refractivity contribution >= 4 is 11.6 Å². The van der Waals surface area contributed by atoms with Gasteiger partial charge in [0, 0.05) is 56.4 Å². The van der Waals surface area contributed by atoms with Gasteiger partial charge in [0.15, 0.2) is 0 Å². The number of nitrogens with one attached hydrogen (secondary N) is 1. The van der Waals surface area contributed by atoms with Gasteiger partial charge in [-0.15, -0.1) is 0 Å². The lowest BCUT2D eigenvalue weighted by molar-refractivity contribution is 0.0930. The molecule has 1 aliphatic heterocycles. The van der Waals surface area contributed by atoms with Crippen LogP contribution in [-0.2, 0) is 0 Å². The van der Waals surface area contributed by atoms with Gasteiger partial charge >= 0.3 is 0 Å². The van der Waals surface area contributed by atoms with E-state index in [9.17, 15) is 4.79 Å². The largest absolute Gasteiger partial charge is 0.497 e. The van der Waals surface area contributed by atoms with Crippen LogP contribution in [0.25, 0.3) is 0 Å². The first-order valence-electron chi connectivity index (χ1n) is 10.6. The number of anilines is 1. The van der Waals surface area contributed by atoms with Gasteiger partial charge in [-0.1, -0.05) is 24.3 Å². The highest BCUT2D eigenvalue weighted by Gasteiger charge is 2.26. The molecule has 0 spiro atoms. The molecule has 0 unspecified atom stereocenters. The SMILES string of the molecule is COc1ccc(N2CCN([C@H](CNC(=O)c3ccccc3)c3cccnc3)CC2)cc1. The average molecular weight is 417 g/mol. The zero-order chi connectivity index (χ0) is 21.5. The van der Waals surface area contributed by atoms with Crippen molar-refractivity contribution in [3.8, 4) is 5.75 Å². The Morgan fingerprint density at radius 2 is 1.74 bits per heavy atom. The van der Waals surface area contributed by atoms with Gasteiger partial charge in [0.2, 0.25) is 0 Å². The fourth-order valence-electron chi connectivity index (χ4n) is 4.00. The summed E-state index contributed by atoms with van der Waals surface area (Å²) in [7, 11) is 1.68. The maximum absolute atomic E-state index is 12.6. The number of carbonyl (C=O) groups excluding carboxylic acids is 1. The zero-order valence-electron chi connectivity index (χ0n) is 17.8. The summed E-state index contributed by atoms with van der Waals surface area (Å²) >= 11 is 0. The van der Waals surface area contributed by atoms with Gasteiger partial charge in [-0.3, -0.25) is 14.7 Å². The third-order valence-electron chi connectivity index (χ3n) is 5.75. The molecular weight excluding hydrogens is 388 g/mol. The number of nitrogens with zero attached hydrogens (tertiary/aromatic N) is 3. The van der Waals surface area contributed by atoms with Crippen LogP contribution >= 0.6 is 0 Å². The number of benzene rings is 2. The van der Waals surface area contributed by atoms with Crippen LogP contribution in [-0.4, -0.2) is 55.6 Å². The molecule has 1 saturated heterocycles. The summed E-state index contributed by atoms with van der Waals surface area (Å²) in [6, 6.07) is 21.7. The minimum atomic E-state index is -0.0497. The van der Waals surface area contributed by atoms with E-state index >= 15 is 0 Å². The molecule has 31 heavy (non-hydrogen) atoms. The van der Waals surface area contributed by atoms with E-state index in [2.05, 4.69) is 38.3 Å². The Labute approximate surface area is 183 Å². The van der Waals surface area contributed by atoms with Crippen LogP contribution in [0, 0.1) is 0 Å². The molecule has 2 aromatic carbocycles. The van der Waals surface area contributed by atoms with Crippen LogP contribution < -0.4 is 15.0 Å². The Balaban J connectivity index is 1.42. The van der Waals surface area contributed by atoms with E-state index in [0.29, 0.717) is 12.1 Å². The molecule has 0 bridgehead atoms. The number of pyridine rings is 1. The number of amides is 1. The molecule has 1 amide bonds. The highest BCUT2D eigenvalue weighted by Crippen LogP contribution is 2.25. The Bertz CT molecular complexity index is 956. The van der Waals surface area contributed by atoms with Gasteiger partial charge in [0.25, 0.3) is 5.91 Å². The fraction of sp³-hybridized carbons (Fsp3) is 0.280. The van der Waals surface area contributed by atoms with E-state index < -0.39 is 0 Å². The Hall–Kier alpha value is -3.38. The molecule has 160 valence electrons. The number of aromatic nitrogens is 1. The minimum absolute atomic E-state index is 0.0497. The molecule has 2 heterocycles. The van der Waals surface area contributed by atoms with Gasteiger partial charge in [-0.25, -0.2) is 0 Å². The topological polar surface area (TPSA) is 57.7 Å². The number of piperazine rings is 1. The van der Waals surface area contributed by atoms with Crippen LogP contribution in [0.3, 0.4) is 0 Å². The standard InChI is InChI=1S/C25H28N4O2/c1-31-23-11-9-22(10-12-23)28-14-16-29(17-15-28)24(21-8-5-13-26-18-21)19-27-25(30)20-6-3-2-4-7-20/h2-13,18,24H,14-17,19H2,1H3,(H,27,30)/t24-/m1/s1. The van der Waals surface area contributed by atoms with Crippen LogP contribution in [0.4, 0.5) is 5.69 Å². The lowest BCUT2D eigenvalue weighted by Gasteiger charge is -2.40. The summed E-state index contributed by atoms with van der Waals surface area (Å²) in [4.78, 5) is 21.7. The lowest BCUT2D eigenvalue weighted by Crippen LogP contribution is -2.50. The molecule has 6 nitrogen and oxygen atoms in total. The summed E-state index contributed by atoms with van der Waals surface area (Å²) in [6.07, 6.45) is 3.68. The summed E-state index contributed by atoms with van der Waals surface area (Å²) in [5.74, 6) is 0.819. The van der Waals surface area contributed by atoms with Crippen molar-refractivity contribution in [1.29, 1.82) is 0 Å². The summed E-state index contributed by atoms with van der Waals surface area (Å²) in [5.41, 5.74) is 3.00. The highest BCUT2D eigenvalue weighted by atomic mass is 16.5.